The lowest BCUT2D eigenvalue weighted by Crippen LogP contribution is -2.50. The number of aryl methyl sites for hydroxylation is 1. The number of rotatable bonds is 4. The van der Waals surface area contributed by atoms with Crippen molar-refractivity contribution in [3.8, 4) is 0 Å². The smallest absolute Gasteiger partial charge is 0.319 e. The van der Waals surface area contributed by atoms with E-state index in [0.29, 0.717) is 13.1 Å². The molecule has 0 bridgehead atoms. The zero-order valence-corrected chi connectivity index (χ0v) is 13.8. The number of hydrogen-bond acceptors (Lipinski definition) is 3. The van der Waals surface area contributed by atoms with Crippen molar-refractivity contribution >= 4 is 21.7 Å². The molecule has 1 heterocycles. The molecular weight excluding hydrogens is 302 g/mol. The van der Waals surface area contributed by atoms with E-state index in [1.807, 2.05) is 31.2 Å². The predicted octanol–water partition coefficient (Wildman–Crippen LogP) is 1.79. The SMILES string of the molecule is CCc1ccccc1NC(=O)NC1CCCN(S(C)(=O)=O)C1. The third kappa shape index (κ3) is 4.45. The van der Waals surface area contributed by atoms with Crippen molar-refractivity contribution in [1.82, 2.24) is 9.62 Å². The topological polar surface area (TPSA) is 78.5 Å². The van der Waals surface area contributed by atoms with E-state index in [4.69, 9.17) is 0 Å². The van der Waals surface area contributed by atoms with Crippen LogP contribution in [-0.2, 0) is 16.4 Å². The summed E-state index contributed by atoms with van der Waals surface area (Å²) in [5, 5.41) is 5.71. The standard InChI is InChI=1S/C15H23N3O3S/c1-3-12-7-4-5-9-14(12)17-15(19)16-13-8-6-10-18(11-13)22(2,20)21/h4-5,7,9,13H,3,6,8,10-11H2,1-2H3,(H2,16,17,19). The fourth-order valence-electron chi connectivity index (χ4n) is 2.66. The highest BCUT2D eigenvalue weighted by Gasteiger charge is 2.26. The monoisotopic (exact) mass is 325 g/mol. The van der Waals surface area contributed by atoms with E-state index < -0.39 is 10.0 Å². The Morgan fingerprint density at radius 3 is 2.77 bits per heavy atom. The van der Waals surface area contributed by atoms with E-state index >= 15 is 0 Å². The summed E-state index contributed by atoms with van der Waals surface area (Å²) in [5.74, 6) is 0. The van der Waals surface area contributed by atoms with Gasteiger partial charge in [0.2, 0.25) is 10.0 Å². The summed E-state index contributed by atoms with van der Waals surface area (Å²) in [7, 11) is -3.20. The minimum Gasteiger partial charge on any atom is -0.334 e. The van der Waals surface area contributed by atoms with Gasteiger partial charge in [0, 0.05) is 24.8 Å². The summed E-state index contributed by atoms with van der Waals surface area (Å²) in [6, 6.07) is 7.20. The Morgan fingerprint density at radius 2 is 2.09 bits per heavy atom. The Morgan fingerprint density at radius 1 is 1.36 bits per heavy atom. The summed E-state index contributed by atoms with van der Waals surface area (Å²) in [4.78, 5) is 12.1. The summed E-state index contributed by atoms with van der Waals surface area (Å²) in [6.07, 6.45) is 3.58. The van der Waals surface area contributed by atoms with Crippen LogP contribution in [-0.4, -0.2) is 44.1 Å². The van der Waals surface area contributed by atoms with Gasteiger partial charge in [0.1, 0.15) is 0 Å². The molecule has 2 amide bonds. The first kappa shape index (κ1) is 16.8. The highest BCUT2D eigenvalue weighted by atomic mass is 32.2. The van der Waals surface area contributed by atoms with Gasteiger partial charge in [-0.15, -0.1) is 0 Å². The molecule has 1 saturated heterocycles. The second kappa shape index (κ2) is 7.11. The Labute approximate surface area is 131 Å². The minimum absolute atomic E-state index is 0.155. The van der Waals surface area contributed by atoms with Gasteiger partial charge in [-0.2, -0.15) is 0 Å². The van der Waals surface area contributed by atoms with E-state index in [2.05, 4.69) is 10.6 Å². The van der Waals surface area contributed by atoms with Gasteiger partial charge in [-0.05, 0) is 30.9 Å². The van der Waals surface area contributed by atoms with Crippen molar-refractivity contribution in [2.45, 2.75) is 32.2 Å². The summed E-state index contributed by atoms with van der Waals surface area (Å²) in [5.41, 5.74) is 1.86. The fourth-order valence-corrected chi connectivity index (χ4v) is 3.57. The van der Waals surface area contributed by atoms with Crippen LogP contribution in [0.2, 0.25) is 0 Å². The van der Waals surface area contributed by atoms with Crippen LogP contribution in [0.15, 0.2) is 24.3 Å². The zero-order valence-electron chi connectivity index (χ0n) is 13.0. The lowest BCUT2D eigenvalue weighted by atomic mass is 10.1. The van der Waals surface area contributed by atoms with Crippen LogP contribution in [0.3, 0.4) is 0 Å². The zero-order chi connectivity index (χ0) is 16.2. The molecule has 0 radical (unpaired) electrons. The molecule has 1 aliphatic rings. The first-order valence-electron chi connectivity index (χ1n) is 7.50. The van der Waals surface area contributed by atoms with Gasteiger partial charge in [0.25, 0.3) is 0 Å². The first-order valence-corrected chi connectivity index (χ1v) is 9.35. The molecular formula is C15H23N3O3S. The van der Waals surface area contributed by atoms with E-state index in [9.17, 15) is 13.2 Å². The number of nitrogens with one attached hydrogen (secondary N) is 2. The predicted molar refractivity (Wildman–Crippen MR) is 87.4 cm³/mol. The van der Waals surface area contributed by atoms with Crippen molar-refractivity contribution in [2.24, 2.45) is 0 Å². The molecule has 2 rings (SSSR count). The van der Waals surface area contributed by atoms with Crippen molar-refractivity contribution in [3.63, 3.8) is 0 Å². The molecule has 6 nitrogen and oxygen atoms in total. The molecule has 0 aliphatic carbocycles. The molecule has 1 aliphatic heterocycles. The number of anilines is 1. The Balaban J connectivity index is 1.94. The highest BCUT2D eigenvalue weighted by Crippen LogP contribution is 2.16. The number of carbonyl (C=O) groups is 1. The van der Waals surface area contributed by atoms with Gasteiger partial charge < -0.3 is 10.6 Å². The average molecular weight is 325 g/mol. The third-order valence-corrected chi connectivity index (χ3v) is 5.10. The highest BCUT2D eigenvalue weighted by molar-refractivity contribution is 7.88. The molecule has 1 aromatic rings. The third-order valence-electron chi connectivity index (χ3n) is 3.83. The molecule has 22 heavy (non-hydrogen) atoms. The lowest BCUT2D eigenvalue weighted by molar-refractivity contribution is 0.236. The van der Waals surface area contributed by atoms with Crippen molar-refractivity contribution in [2.75, 3.05) is 24.7 Å². The van der Waals surface area contributed by atoms with Gasteiger partial charge in [0.05, 0.1) is 6.26 Å². The molecule has 1 fully saturated rings. The van der Waals surface area contributed by atoms with Crippen LogP contribution in [0.1, 0.15) is 25.3 Å². The number of urea groups is 1. The Hall–Kier alpha value is -1.60. The minimum atomic E-state index is -3.20. The fraction of sp³-hybridized carbons (Fsp3) is 0.533. The number of hydrogen-bond donors (Lipinski definition) is 2. The summed E-state index contributed by atoms with van der Waals surface area (Å²) < 4.78 is 24.6. The van der Waals surface area contributed by atoms with Crippen LogP contribution >= 0.6 is 0 Å². The van der Waals surface area contributed by atoms with Gasteiger partial charge in [-0.1, -0.05) is 25.1 Å². The number of para-hydroxylation sites is 1. The van der Waals surface area contributed by atoms with Gasteiger partial charge in [-0.25, -0.2) is 17.5 Å². The Kier molecular flexibility index (Phi) is 5.42. The normalized spacial score (nSPS) is 19.6. The molecule has 1 aromatic carbocycles. The molecule has 0 aromatic heterocycles. The van der Waals surface area contributed by atoms with Gasteiger partial charge in [0.15, 0.2) is 0 Å². The second-order valence-electron chi connectivity index (χ2n) is 5.57. The second-order valence-corrected chi connectivity index (χ2v) is 7.55. The summed E-state index contributed by atoms with van der Waals surface area (Å²) >= 11 is 0. The molecule has 1 atom stereocenters. The van der Waals surface area contributed by atoms with Crippen LogP contribution < -0.4 is 10.6 Å². The number of nitrogens with zero attached hydrogens (tertiary/aromatic N) is 1. The molecule has 2 N–H and O–H groups in total. The number of sulfonamides is 1. The van der Waals surface area contributed by atoms with Crippen LogP contribution in [0.5, 0.6) is 0 Å². The number of piperidine rings is 1. The summed E-state index contributed by atoms with van der Waals surface area (Å²) in [6.45, 7) is 2.89. The van der Waals surface area contributed by atoms with Crippen molar-refractivity contribution in [1.29, 1.82) is 0 Å². The van der Waals surface area contributed by atoms with Gasteiger partial charge in [-0.3, -0.25) is 0 Å². The largest absolute Gasteiger partial charge is 0.334 e. The van der Waals surface area contributed by atoms with E-state index in [0.717, 1.165) is 30.5 Å². The van der Waals surface area contributed by atoms with Crippen LogP contribution in [0.4, 0.5) is 10.5 Å². The van der Waals surface area contributed by atoms with Crippen molar-refractivity contribution < 1.29 is 13.2 Å². The maximum absolute atomic E-state index is 12.1. The number of amides is 2. The molecule has 0 saturated carbocycles. The number of benzene rings is 1. The van der Waals surface area contributed by atoms with E-state index in [1.165, 1.54) is 10.6 Å². The molecule has 7 heteroatoms. The molecule has 1 unspecified atom stereocenters. The van der Waals surface area contributed by atoms with Crippen molar-refractivity contribution in [3.05, 3.63) is 29.8 Å². The van der Waals surface area contributed by atoms with Gasteiger partial charge >= 0.3 is 6.03 Å². The molecule has 122 valence electrons. The molecule has 0 spiro atoms. The van der Waals surface area contributed by atoms with Crippen LogP contribution in [0.25, 0.3) is 0 Å². The maximum atomic E-state index is 12.1. The average Bonchev–Trinajstić information content (AvgIpc) is 2.47. The Bertz CT molecular complexity index is 631. The van der Waals surface area contributed by atoms with E-state index in [-0.39, 0.29) is 12.1 Å². The quantitative estimate of drug-likeness (QED) is 0.886. The first-order chi connectivity index (χ1) is 10.4. The van der Waals surface area contributed by atoms with E-state index in [1.54, 1.807) is 0 Å². The van der Waals surface area contributed by atoms with Crippen LogP contribution in [0, 0.1) is 0 Å². The lowest BCUT2D eigenvalue weighted by Gasteiger charge is -2.31. The number of carbonyl (C=O) groups excluding carboxylic acids is 1. The maximum Gasteiger partial charge on any atom is 0.319 e.